The van der Waals surface area contributed by atoms with Gasteiger partial charge in [-0.05, 0) is 12.1 Å². The summed E-state index contributed by atoms with van der Waals surface area (Å²) in [7, 11) is 0. The maximum Gasteiger partial charge on any atom is 0.258 e. The lowest BCUT2D eigenvalue weighted by atomic mass is 10.2. The molecule has 0 saturated carbocycles. The minimum Gasteiger partial charge on any atom is -0.320 e. The lowest BCUT2D eigenvalue weighted by Gasteiger charge is -2.11. The fraction of sp³-hybridized carbons (Fsp3) is 0. The summed E-state index contributed by atoms with van der Waals surface area (Å²) in [5, 5.41) is 13.6. The number of H-pyrrole nitrogens is 1. The molecular weight excluding hydrogens is 280 g/mol. The smallest absolute Gasteiger partial charge is 0.258 e. The molecule has 2 N–H and O–H groups in total. The molecule has 7 nitrogen and oxygen atoms in total. The van der Waals surface area contributed by atoms with Gasteiger partial charge >= 0.3 is 0 Å². The number of aromatic amines is 1. The molecule has 0 saturated heterocycles. The largest absolute Gasteiger partial charge is 0.320 e. The van der Waals surface area contributed by atoms with Crippen LogP contribution in [-0.2, 0) is 0 Å². The van der Waals surface area contributed by atoms with E-state index in [0.717, 1.165) is 0 Å². The van der Waals surface area contributed by atoms with Gasteiger partial charge < -0.3 is 5.32 Å². The maximum absolute atomic E-state index is 12.0. The Bertz CT molecular complexity index is 723. The van der Waals surface area contributed by atoms with E-state index >= 15 is 0 Å². The highest BCUT2D eigenvalue weighted by Crippen LogP contribution is 2.28. The van der Waals surface area contributed by atoms with Gasteiger partial charge in [-0.1, -0.05) is 17.7 Å². The fourth-order valence-corrected chi connectivity index (χ4v) is 2.00. The van der Waals surface area contributed by atoms with Gasteiger partial charge in [0.05, 0.1) is 22.5 Å². The van der Waals surface area contributed by atoms with E-state index < -0.39 is 0 Å². The van der Waals surface area contributed by atoms with Gasteiger partial charge in [0.1, 0.15) is 18.3 Å². The summed E-state index contributed by atoms with van der Waals surface area (Å²) >= 11 is 6.17. The highest BCUT2D eigenvalue weighted by molar-refractivity contribution is 6.33. The van der Waals surface area contributed by atoms with Crippen LogP contribution in [0.15, 0.2) is 43.2 Å². The van der Waals surface area contributed by atoms with Gasteiger partial charge in [-0.3, -0.25) is 9.89 Å². The second-order valence-corrected chi connectivity index (χ2v) is 4.32. The second-order valence-electron chi connectivity index (χ2n) is 3.92. The number of nitrogens with zero attached hydrogens (tertiary/aromatic N) is 4. The van der Waals surface area contributed by atoms with Crippen molar-refractivity contribution in [3.05, 3.63) is 53.8 Å². The van der Waals surface area contributed by atoms with Crippen LogP contribution in [-0.4, -0.2) is 30.9 Å². The summed E-state index contributed by atoms with van der Waals surface area (Å²) in [4.78, 5) is 15.9. The van der Waals surface area contributed by atoms with E-state index in [4.69, 9.17) is 11.6 Å². The van der Waals surface area contributed by atoms with E-state index in [9.17, 15) is 4.79 Å². The van der Waals surface area contributed by atoms with Crippen LogP contribution in [0.4, 0.5) is 5.69 Å². The Morgan fingerprint density at radius 1 is 1.40 bits per heavy atom. The highest BCUT2D eigenvalue weighted by atomic mass is 35.5. The van der Waals surface area contributed by atoms with Crippen LogP contribution in [0.1, 0.15) is 10.4 Å². The highest BCUT2D eigenvalue weighted by Gasteiger charge is 2.14. The van der Waals surface area contributed by atoms with Crippen molar-refractivity contribution < 1.29 is 4.79 Å². The van der Waals surface area contributed by atoms with Crippen molar-refractivity contribution in [2.45, 2.75) is 0 Å². The summed E-state index contributed by atoms with van der Waals surface area (Å²) < 4.78 is 1.49. The zero-order valence-corrected chi connectivity index (χ0v) is 10.9. The van der Waals surface area contributed by atoms with Crippen molar-refractivity contribution in [2.75, 3.05) is 5.32 Å². The van der Waals surface area contributed by atoms with Crippen LogP contribution in [0.3, 0.4) is 0 Å². The van der Waals surface area contributed by atoms with E-state index in [1.807, 2.05) is 0 Å². The first-order chi connectivity index (χ1) is 9.75. The number of halogens is 1. The molecule has 2 heterocycles. The van der Waals surface area contributed by atoms with Crippen LogP contribution < -0.4 is 5.32 Å². The number of nitrogens with one attached hydrogen (secondary N) is 2. The molecule has 2 aromatic heterocycles. The number of carbonyl (C=O) groups excluding carboxylic acids is 1. The Labute approximate surface area is 118 Å². The van der Waals surface area contributed by atoms with Crippen LogP contribution in [0.25, 0.3) is 5.69 Å². The average molecular weight is 289 g/mol. The summed E-state index contributed by atoms with van der Waals surface area (Å²) in [5.74, 6) is -0.289. The number of para-hydroxylation sites is 1. The Hall–Kier alpha value is -2.67. The molecule has 3 rings (SSSR count). The third-order valence-electron chi connectivity index (χ3n) is 2.64. The van der Waals surface area contributed by atoms with Crippen molar-refractivity contribution in [2.24, 2.45) is 0 Å². The van der Waals surface area contributed by atoms with Crippen molar-refractivity contribution in [3.8, 4) is 5.69 Å². The number of anilines is 1. The third kappa shape index (κ3) is 2.26. The van der Waals surface area contributed by atoms with E-state index in [-0.39, 0.29) is 5.91 Å². The van der Waals surface area contributed by atoms with Crippen molar-refractivity contribution in [3.63, 3.8) is 0 Å². The van der Waals surface area contributed by atoms with Gasteiger partial charge in [0.15, 0.2) is 0 Å². The second kappa shape index (κ2) is 5.14. The molecule has 0 atom stereocenters. The summed E-state index contributed by atoms with van der Waals surface area (Å²) in [6.45, 7) is 0. The molecule has 0 aliphatic rings. The lowest BCUT2D eigenvalue weighted by Crippen LogP contribution is -2.13. The van der Waals surface area contributed by atoms with Gasteiger partial charge in [-0.25, -0.2) is 9.67 Å². The molecule has 0 radical (unpaired) electrons. The number of hydrogen-bond acceptors (Lipinski definition) is 4. The van der Waals surface area contributed by atoms with Gasteiger partial charge in [0.25, 0.3) is 5.91 Å². The van der Waals surface area contributed by atoms with E-state index in [1.165, 1.54) is 29.7 Å². The van der Waals surface area contributed by atoms with Gasteiger partial charge in [-0.15, -0.1) is 0 Å². The predicted octanol–water partition coefficient (Wildman–Crippen LogP) is 1.90. The number of benzene rings is 1. The standard InChI is InChI=1S/C12H9ClN6O/c13-9-2-1-3-10(11(9)19-7-14-6-17-19)18-12(20)8-4-15-16-5-8/h1-7H,(H,15,16)(H,18,20). The maximum atomic E-state index is 12.0. The summed E-state index contributed by atoms with van der Waals surface area (Å²) in [6, 6.07) is 5.20. The molecule has 0 unspecified atom stereocenters. The zero-order chi connectivity index (χ0) is 13.9. The molecule has 0 spiro atoms. The van der Waals surface area contributed by atoms with Gasteiger partial charge in [-0.2, -0.15) is 10.2 Å². The minimum absolute atomic E-state index is 0.289. The van der Waals surface area contributed by atoms with Gasteiger partial charge in [0.2, 0.25) is 0 Å². The Balaban J connectivity index is 1.98. The Kier molecular flexibility index (Phi) is 3.18. The Morgan fingerprint density at radius 3 is 3.00 bits per heavy atom. The molecule has 0 fully saturated rings. The topological polar surface area (TPSA) is 88.5 Å². The molecule has 0 bridgehead atoms. The number of rotatable bonds is 3. The number of hydrogen-bond donors (Lipinski definition) is 2. The number of carbonyl (C=O) groups is 1. The van der Waals surface area contributed by atoms with E-state index in [1.54, 1.807) is 18.2 Å². The lowest BCUT2D eigenvalue weighted by molar-refractivity contribution is 0.102. The molecular formula is C12H9ClN6O. The van der Waals surface area contributed by atoms with E-state index in [2.05, 4.69) is 25.6 Å². The molecule has 20 heavy (non-hydrogen) atoms. The number of amides is 1. The fourth-order valence-electron chi connectivity index (χ4n) is 1.74. The molecule has 100 valence electrons. The normalized spacial score (nSPS) is 10.4. The monoisotopic (exact) mass is 288 g/mol. The molecule has 1 aromatic carbocycles. The van der Waals surface area contributed by atoms with E-state index in [0.29, 0.717) is 22.0 Å². The first-order valence-electron chi connectivity index (χ1n) is 5.69. The molecule has 0 aliphatic carbocycles. The van der Waals surface area contributed by atoms with Crippen LogP contribution >= 0.6 is 11.6 Å². The zero-order valence-electron chi connectivity index (χ0n) is 10.1. The SMILES string of the molecule is O=C(Nc1cccc(Cl)c1-n1cncn1)c1cn[nH]c1. The summed E-state index contributed by atoms with van der Waals surface area (Å²) in [5.41, 5.74) is 1.52. The summed E-state index contributed by atoms with van der Waals surface area (Å²) in [6.07, 6.45) is 5.85. The number of aromatic nitrogens is 5. The van der Waals surface area contributed by atoms with Crippen LogP contribution in [0.5, 0.6) is 0 Å². The van der Waals surface area contributed by atoms with Crippen LogP contribution in [0, 0.1) is 0 Å². The van der Waals surface area contributed by atoms with Crippen molar-refractivity contribution >= 4 is 23.2 Å². The van der Waals surface area contributed by atoms with Crippen LogP contribution in [0.2, 0.25) is 5.02 Å². The van der Waals surface area contributed by atoms with Gasteiger partial charge in [0, 0.05) is 6.20 Å². The molecule has 8 heteroatoms. The quantitative estimate of drug-likeness (QED) is 0.770. The first-order valence-corrected chi connectivity index (χ1v) is 6.07. The first kappa shape index (κ1) is 12.4. The van der Waals surface area contributed by atoms with Crippen molar-refractivity contribution in [1.29, 1.82) is 0 Å². The average Bonchev–Trinajstić information content (AvgIpc) is 3.12. The molecule has 1 amide bonds. The predicted molar refractivity (Wildman–Crippen MR) is 72.9 cm³/mol. The Morgan fingerprint density at radius 2 is 2.30 bits per heavy atom. The third-order valence-corrected chi connectivity index (χ3v) is 2.95. The minimum atomic E-state index is -0.289. The molecule has 3 aromatic rings. The molecule has 0 aliphatic heterocycles. The van der Waals surface area contributed by atoms with Crippen molar-refractivity contribution in [1.82, 2.24) is 25.0 Å².